The molecule has 0 saturated heterocycles. The molecule has 2 N–H and O–H groups in total. The van der Waals surface area contributed by atoms with Gasteiger partial charge < -0.3 is 5.84 Å². The van der Waals surface area contributed by atoms with E-state index in [2.05, 4.69) is 5.10 Å². The van der Waals surface area contributed by atoms with E-state index in [0.29, 0.717) is 16.8 Å². The molecule has 0 bridgehead atoms. The second kappa shape index (κ2) is 3.63. The van der Waals surface area contributed by atoms with E-state index < -0.39 is 5.92 Å². The van der Waals surface area contributed by atoms with Gasteiger partial charge in [0.2, 0.25) is 0 Å². The number of halogens is 2. The van der Waals surface area contributed by atoms with Crippen molar-refractivity contribution >= 4 is 5.71 Å². The fraction of sp³-hybridized carbons (Fsp3) is 0.0714. The number of hydrogen-bond acceptors (Lipinski definition) is 2. The second-order valence-corrected chi connectivity index (χ2v) is 4.14. The van der Waals surface area contributed by atoms with Gasteiger partial charge in [0.15, 0.2) is 0 Å². The maximum Gasteiger partial charge on any atom is 0.299 e. The lowest BCUT2D eigenvalue weighted by Crippen LogP contribution is -2.29. The van der Waals surface area contributed by atoms with Crippen LogP contribution in [0.1, 0.15) is 22.3 Å². The molecule has 18 heavy (non-hydrogen) atoms. The van der Waals surface area contributed by atoms with Gasteiger partial charge in [0, 0.05) is 22.3 Å². The highest BCUT2D eigenvalue weighted by Gasteiger charge is 2.43. The molecule has 90 valence electrons. The third kappa shape index (κ3) is 1.29. The monoisotopic (exact) mass is 244 g/mol. The molecule has 3 rings (SSSR count). The molecule has 1 aliphatic carbocycles. The first-order valence-electron chi connectivity index (χ1n) is 5.51. The molecule has 1 aliphatic rings. The third-order valence-electron chi connectivity index (χ3n) is 3.17. The van der Waals surface area contributed by atoms with E-state index >= 15 is 0 Å². The van der Waals surface area contributed by atoms with Gasteiger partial charge in [-0.2, -0.15) is 13.9 Å². The maximum absolute atomic E-state index is 14.4. The first-order chi connectivity index (χ1) is 8.66. The number of fused-ring (bicyclic) bond motifs is 2. The smallest absolute Gasteiger partial charge is 0.299 e. The van der Waals surface area contributed by atoms with Crippen LogP contribution in [0.25, 0.3) is 0 Å². The van der Waals surface area contributed by atoms with E-state index in [9.17, 15) is 8.78 Å². The Bertz CT molecular complexity index is 596. The summed E-state index contributed by atoms with van der Waals surface area (Å²) in [5.41, 5.74) is 1.10. The standard InChI is InChI=1S/C14H10F2N2/c15-14(16)11-7-3-1-5-9(11)13(18-17)10-6-2-4-8-12(10)14/h1-8H,17H2. The molecule has 0 spiro atoms. The molecule has 2 aromatic rings. The van der Waals surface area contributed by atoms with Gasteiger partial charge in [0.05, 0.1) is 5.71 Å². The van der Waals surface area contributed by atoms with Crippen molar-refractivity contribution in [2.24, 2.45) is 10.9 Å². The Kier molecular flexibility index (Phi) is 2.20. The zero-order valence-electron chi connectivity index (χ0n) is 9.40. The normalized spacial score (nSPS) is 15.8. The number of alkyl halides is 2. The lowest BCUT2D eigenvalue weighted by atomic mass is 9.82. The highest BCUT2D eigenvalue weighted by atomic mass is 19.3. The molecule has 0 unspecified atom stereocenters. The molecule has 0 amide bonds. The van der Waals surface area contributed by atoms with E-state index in [-0.39, 0.29) is 11.1 Å². The summed E-state index contributed by atoms with van der Waals surface area (Å²) in [6.07, 6.45) is 0. The Labute approximate surface area is 103 Å². The van der Waals surface area contributed by atoms with Crippen LogP contribution < -0.4 is 5.84 Å². The van der Waals surface area contributed by atoms with Gasteiger partial charge in [0.1, 0.15) is 0 Å². The van der Waals surface area contributed by atoms with Gasteiger partial charge in [-0.05, 0) is 0 Å². The number of rotatable bonds is 0. The minimum absolute atomic E-state index is 0.0482. The molecule has 0 saturated carbocycles. The van der Waals surface area contributed by atoms with Crippen LogP contribution >= 0.6 is 0 Å². The van der Waals surface area contributed by atoms with Gasteiger partial charge in [-0.3, -0.25) is 0 Å². The van der Waals surface area contributed by atoms with E-state index in [1.807, 2.05) is 0 Å². The fourth-order valence-electron chi connectivity index (χ4n) is 2.36. The Balaban J connectivity index is 2.40. The molecule has 0 aliphatic heterocycles. The predicted octanol–water partition coefficient (Wildman–Crippen LogP) is 2.85. The summed E-state index contributed by atoms with van der Waals surface area (Å²) in [6.45, 7) is 0. The van der Waals surface area contributed by atoms with Crippen molar-refractivity contribution in [1.82, 2.24) is 0 Å². The zero-order chi connectivity index (χ0) is 12.8. The first kappa shape index (κ1) is 10.9. The molecule has 2 aromatic carbocycles. The molecule has 0 fully saturated rings. The topological polar surface area (TPSA) is 38.4 Å². The van der Waals surface area contributed by atoms with Crippen LogP contribution in [0.2, 0.25) is 0 Å². The van der Waals surface area contributed by atoms with Crippen molar-refractivity contribution in [2.75, 3.05) is 0 Å². The minimum Gasteiger partial charge on any atom is -0.323 e. The lowest BCUT2D eigenvalue weighted by molar-refractivity contribution is 0.0414. The van der Waals surface area contributed by atoms with Gasteiger partial charge in [0.25, 0.3) is 5.92 Å². The van der Waals surface area contributed by atoms with E-state index in [1.54, 1.807) is 36.4 Å². The summed E-state index contributed by atoms with van der Waals surface area (Å²) >= 11 is 0. The maximum atomic E-state index is 14.4. The summed E-state index contributed by atoms with van der Waals surface area (Å²) < 4.78 is 28.8. The molecule has 0 aromatic heterocycles. The molecule has 0 atom stereocenters. The van der Waals surface area contributed by atoms with Crippen LogP contribution in [0.4, 0.5) is 8.78 Å². The molecule has 4 heteroatoms. The quantitative estimate of drug-likeness (QED) is 0.561. The Morgan fingerprint density at radius 3 is 1.72 bits per heavy atom. The van der Waals surface area contributed by atoms with Gasteiger partial charge in [-0.25, -0.2) is 0 Å². The van der Waals surface area contributed by atoms with Crippen molar-refractivity contribution in [3.63, 3.8) is 0 Å². The number of nitrogens with zero attached hydrogens (tertiary/aromatic N) is 1. The highest BCUT2D eigenvalue weighted by molar-refractivity contribution is 6.16. The van der Waals surface area contributed by atoms with Crippen LogP contribution in [-0.2, 0) is 5.92 Å². The first-order valence-corrected chi connectivity index (χ1v) is 5.51. The van der Waals surface area contributed by atoms with E-state index in [4.69, 9.17) is 5.84 Å². The summed E-state index contributed by atoms with van der Waals surface area (Å²) in [6, 6.07) is 12.6. The van der Waals surface area contributed by atoms with Crippen LogP contribution in [0.15, 0.2) is 53.6 Å². The van der Waals surface area contributed by atoms with Crippen molar-refractivity contribution < 1.29 is 8.78 Å². The van der Waals surface area contributed by atoms with Crippen molar-refractivity contribution in [2.45, 2.75) is 5.92 Å². The average Bonchev–Trinajstić information content (AvgIpc) is 2.40. The van der Waals surface area contributed by atoms with Crippen LogP contribution in [0.5, 0.6) is 0 Å². The van der Waals surface area contributed by atoms with Crippen molar-refractivity contribution in [3.8, 4) is 0 Å². The largest absolute Gasteiger partial charge is 0.323 e. The summed E-state index contributed by atoms with van der Waals surface area (Å²) in [5, 5.41) is 3.68. The summed E-state index contributed by atoms with van der Waals surface area (Å²) in [4.78, 5) is 0. The molecule has 0 heterocycles. The third-order valence-corrected chi connectivity index (χ3v) is 3.17. The van der Waals surface area contributed by atoms with Gasteiger partial charge in [-0.15, -0.1) is 0 Å². The SMILES string of the molecule is NN=C1c2ccccc2C(F)(F)c2ccccc21. The van der Waals surface area contributed by atoms with E-state index in [0.717, 1.165) is 0 Å². The summed E-state index contributed by atoms with van der Waals surface area (Å²) in [7, 11) is 0. The highest BCUT2D eigenvalue weighted by Crippen LogP contribution is 2.43. The molecule has 2 nitrogen and oxygen atoms in total. The second-order valence-electron chi connectivity index (χ2n) is 4.14. The minimum atomic E-state index is -3.01. The van der Waals surface area contributed by atoms with Gasteiger partial charge >= 0.3 is 0 Å². The fourth-order valence-corrected chi connectivity index (χ4v) is 2.36. The Morgan fingerprint density at radius 1 is 0.833 bits per heavy atom. The average molecular weight is 244 g/mol. The van der Waals surface area contributed by atoms with Crippen molar-refractivity contribution in [3.05, 3.63) is 70.8 Å². The number of hydrazone groups is 1. The number of hydrogen-bond donors (Lipinski definition) is 1. The van der Waals surface area contributed by atoms with E-state index in [1.165, 1.54) is 12.1 Å². The van der Waals surface area contributed by atoms with Gasteiger partial charge in [-0.1, -0.05) is 48.5 Å². The van der Waals surface area contributed by atoms with Crippen LogP contribution in [0, 0.1) is 0 Å². The lowest BCUT2D eigenvalue weighted by Gasteiger charge is -2.28. The molecular formula is C14H10F2N2. The molecule has 0 radical (unpaired) electrons. The predicted molar refractivity (Wildman–Crippen MR) is 65.7 cm³/mol. The van der Waals surface area contributed by atoms with Crippen LogP contribution in [0.3, 0.4) is 0 Å². The number of nitrogens with two attached hydrogens (primary N) is 1. The molecular weight excluding hydrogens is 234 g/mol. The van der Waals surface area contributed by atoms with Crippen molar-refractivity contribution in [1.29, 1.82) is 0 Å². The zero-order valence-corrected chi connectivity index (χ0v) is 9.40. The van der Waals surface area contributed by atoms with Crippen LogP contribution in [-0.4, -0.2) is 5.71 Å². The Hall–Kier alpha value is -2.23. The summed E-state index contributed by atoms with van der Waals surface area (Å²) in [5.74, 6) is 2.35. The number of benzene rings is 2. The Morgan fingerprint density at radius 2 is 1.28 bits per heavy atom.